The summed E-state index contributed by atoms with van der Waals surface area (Å²) in [4.78, 5) is 24.6. The average molecular weight is 257 g/mol. The second-order valence-corrected chi connectivity index (χ2v) is 4.57. The average Bonchev–Trinajstić information content (AvgIpc) is 2.79. The Morgan fingerprint density at radius 3 is 2.84 bits per heavy atom. The predicted octanol–water partition coefficient (Wildman–Crippen LogP) is 1.93. The monoisotopic (exact) mass is 257 g/mol. The molecule has 19 heavy (non-hydrogen) atoms. The van der Waals surface area contributed by atoms with Crippen molar-refractivity contribution in [1.29, 1.82) is 0 Å². The highest BCUT2D eigenvalue weighted by atomic mass is 16.4. The zero-order chi connectivity index (χ0) is 14.0. The van der Waals surface area contributed by atoms with Crippen molar-refractivity contribution in [2.75, 3.05) is 11.4 Å². The minimum atomic E-state index is -0.996. The molecule has 1 aliphatic heterocycles. The molecule has 1 N–H and O–H groups in total. The van der Waals surface area contributed by atoms with Gasteiger partial charge in [0.1, 0.15) is 0 Å². The van der Waals surface area contributed by atoms with E-state index in [9.17, 15) is 9.59 Å². The first kappa shape index (κ1) is 13.2. The number of carboxylic acid groups (broad SMARTS) is 1. The smallest absolute Gasteiger partial charge is 0.335 e. The molecule has 0 spiro atoms. The molecule has 1 fully saturated rings. The highest BCUT2D eigenvalue weighted by molar-refractivity contribution is 5.98. The first-order valence-corrected chi connectivity index (χ1v) is 6.19. The van der Waals surface area contributed by atoms with Gasteiger partial charge in [0.05, 0.1) is 5.56 Å². The highest BCUT2D eigenvalue weighted by Gasteiger charge is 2.30. The van der Waals surface area contributed by atoms with Crippen LogP contribution in [-0.2, 0) is 11.2 Å². The van der Waals surface area contributed by atoms with Gasteiger partial charge in [-0.25, -0.2) is 4.79 Å². The number of benzene rings is 1. The second-order valence-electron chi connectivity index (χ2n) is 4.57. The van der Waals surface area contributed by atoms with Gasteiger partial charge >= 0.3 is 5.97 Å². The Morgan fingerprint density at radius 2 is 2.32 bits per heavy atom. The van der Waals surface area contributed by atoms with Crippen molar-refractivity contribution in [2.45, 2.75) is 19.8 Å². The van der Waals surface area contributed by atoms with E-state index >= 15 is 0 Å². The SMILES string of the molecule is C#CC1CC(=O)N(c2cc(C(=O)O)ccc2CC)C1. The molecule has 1 saturated heterocycles. The fraction of sp³-hybridized carbons (Fsp3) is 0.333. The van der Waals surface area contributed by atoms with Gasteiger partial charge in [-0.1, -0.05) is 13.0 Å². The maximum absolute atomic E-state index is 12.0. The van der Waals surface area contributed by atoms with E-state index in [1.807, 2.05) is 6.92 Å². The van der Waals surface area contributed by atoms with E-state index in [2.05, 4.69) is 5.92 Å². The molecule has 98 valence electrons. The Morgan fingerprint density at radius 1 is 1.58 bits per heavy atom. The van der Waals surface area contributed by atoms with Crippen molar-refractivity contribution < 1.29 is 14.7 Å². The van der Waals surface area contributed by atoms with Crippen molar-refractivity contribution in [3.05, 3.63) is 29.3 Å². The van der Waals surface area contributed by atoms with Crippen molar-refractivity contribution in [1.82, 2.24) is 0 Å². The molecule has 1 aliphatic rings. The van der Waals surface area contributed by atoms with Crippen LogP contribution in [0.3, 0.4) is 0 Å². The number of carboxylic acids is 1. The minimum absolute atomic E-state index is 0.0415. The molecular weight excluding hydrogens is 242 g/mol. The molecule has 1 atom stereocenters. The Balaban J connectivity index is 2.43. The number of anilines is 1. The first-order chi connectivity index (χ1) is 9.06. The summed E-state index contributed by atoms with van der Waals surface area (Å²) >= 11 is 0. The molecule has 0 aliphatic carbocycles. The third-order valence-electron chi connectivity index (χ3n) is 3.36. The fourth-order valence-corrected chi connectivity index (χ4v) is 2.30. The number of terminal acetylenes is 1. The summed E-state index contributed by atoms with van der Waals surface area (Å²) in [7, 11) is 0. The molecule has 1 aromatic carbocycles. The molecule has 1 heterocycles. The Kier molecular flexibility index (Phi) is 3.57. The zero-order valence-corrected chi connectivity index (χ0v) is 10.7. The lowest BCUT2D eigenvalue weighted by Crippen LogP contribution is -2.26. The van der Waals surface area contributed by atoms with Gasteiger partial charge in [0.2, 0.25) is 5.91 Å². The van der Waals surface area contributed by atoms with Gasteiger partial charge in [-0.05, 0) is 24.1 Å². The molecule has 2 rings (SSSR count). The number of rotatable bonds is 3. The zero-order valence-electron chi connectivity index (χ0n) is 10.7. The molecule has 1 amide bonds. The van der Waals surface area contributed by atoms with Gasteiger partial charge in [0.15, 0.2) is 0 Å². The third kappa shape index (κ3) is 2.45. The molecule has 0 aromatic heterocycles. The molecular formula is C15H15NO3. The highest BCUT2D eigenvalue weighted by Crippen LogP contribution is 2.29. The topological polar surface area (TPSA) is 57.6 Å². The quantitative estimate of drug-likeness (QED) is 0.842. The first-order valence-electron chi connectivity index (χ1n) is 6.19. The molecule has 0 radical (unpaired) electrons. The number of carbonyl (C=O) groups is 2. The third-order valence-corrected chi connectivity index (χ3v) is 3.36. The van der Waals surface area contributed by atoms with E-state index in [1.165, 1.54) is 0 Å². The number of hydrogen-bond donors (Lipinski definition) is 1. The van der Waals surface area contributed by atoms with Crippen molar-refractivity contribution in [3.8, 4) is 12.3 Å². The number of hydrogen-bond acceptors (Lipinski definition) is 2. The molecule has 0 saturated carbocycles. The van der Waals surface area contributed by atoms with Crippen LogP contribution in [0.25, 0.3) is 0 Å². The van der Waals surface area contributed by atoms with E-state index in [0.717, 1.165) is 12.0 Å². The minimum Gasteiger partial charge on any atom is -0.478 e. The standard InChI is InChI=1S/C15H15NO3/c1-3-10-7-14(17)16(9-10)13-8-12(15(18)19)6-5-11(13)4-2/h1,5-6,8,10H,4,7,9H2,2H3,(H,18,19). The Labute approximate surface area is 112 Å². The Hall–Kier alpha value is -2.28. The van der Waals surface area contributed by atoms with E-state index in [0.29, 0.717) is 18.7 Å². The van der Waals surface area contributed by atoms with Crippen LogP contribution in [0.15, 0.2) is 18.2 Å². The van der Waals surface area contributed by atoms with E-state index in [-0.39, 0.29) is 17.4 Å². The van der Waals surface area contributed by atoms with Crippen LogP contribution in [0.4, 0.5) is 5.69 Å². The summed E-state index contributed by atoms with van der Waals surface area (Å²) < 4.78 is 0. The second kappa shape index (κ2) is 5.15. The lowest BCUT2D eigenvalue weighted by atomic mass is 10.1. The molecule has 1 unspecified atom stereocenters. The summed E-state index contributed by atoms with van der Waals surface area (Å²) in [6, 6.07) is 4.87. The molecule has 4 nitrogen and oxygen atoms in total. The number of aryl methyl sites for hydroxylation is 1. The summed E-state index contributed by atoms with van der Waals surface area (Å²) in [5, 5.41) is 9.04. The van der Waals surface area contributed by atoms with Gasteiger partial charge in [-0.2, -0.15) is 0 Å². The lowest BCUT2D eigenvalue weighted by molar-refractivity contribution is -0.117. The lowest BCUT2D eigenvalue weighted by Gasteiger charge is -2.20. The van der Waals surface area contributed by atoms with Gasteiger partial charge in [-0.3, -0.25) is 4.79 Å². The summed E-state index contributed by atoms with van der Waals surface area (Å²) in [5.74, 6) is 1.46. The van der Waals surface area contributed by atoms with Crippen LogP contribution in [0.1, 0.15) is 29.3 Å². The van der Waals surface area contributed by atoms with Gasteiger partial charge < -0.3 is 10.0 Å². The van der Waals surface area contributed by atoms with Crippen LogP contribution >= 0.6 is 0 Å². The predicted molar refractivity (Wildman–Crippen MR) is 72.1 cm³/mol. The number of aromatic carboxylic acids is 1. The van der Waals surface area contributed by atoms with Crippen molar-refractivity contribution in [3.63, 3.8) is 0 Å². The summed E-state index contributed by atoms with van der Waals surface area (Å²) in [5.41, 5.74) is 1.81. The van der Waals surface area contributed by atoms with Crippen LogP contribution < -0.4 is 4.90 Å². The van der Waals surface area contributed by atoms with E-state index < -0.39 is 5.97 Å². The molecule has 0 bridgehead atoms. The number of amides is 1. The van der Waals surface area contributed by atoms with Crippen LogP contribution in [0, 0.1) is 18.3 Å². The molecule has 4 heteroatoms. The summed E-state index contributed by atoms with van der Waals surface area (Å²) in [6.07, 6.45) is 6.43. The van der Waals surface area contributed by atoms with Crippen molar-refractivity contribution in [2.24, 2.45) is 5.92 Å². The van der Waals surface area contributed by atoms with Crippen LogP contribution in [0.5, 0.6) is 0 Å². The van der Waals surface area contributed by atoms with Crippen LogP contribution in [-0.4, -0.2) is 23.5 Å². The van der Waals surface area contributed by atoms with Gasteiger partial charge in [-0.15, -0.1) is 12.3 Å². The maximum Gasteiger partial charge on any atom is 0.335 e. The normalized spacial score (nSPS) is 18.4. The maximum atomic E-state index is 12.0. The van der Waals surface area contributed by atoms with Crippen LogP contribution in [0.2, 0.25) is 0 Å². The summed E-state index contributed by atoms with van der Waals surface area (Å²) in [6.45, 7) is 2.43. The van der Waals surface area contributed by atoms with Gasteiger partial charge in [0.25, 0.3) is 0 Å². The van der Waals surface area contributed by atoms with Gasteiger partial charge in [0, 0.05) is 24.6 Å². The number of carbonyl (C=O) groups excluding carboxylic acids is 1. The van der Waals surface area contributed by atoms with E-state index in [4.69, 9.17) is 11.5 Å². The number of nitrogens with zero attached hydrogens (tertiary/aromatic N) is 1. The fourth-order valence-electron chi connectivity index (χ4n) is 2.30. The largest absolute Gasteiger partial charge is 0.478 e. The molecule has 1 aromatic rings. The Bertz CT molecular complexity index is 571. The van der Waals surface area contributed by atoms with E-state index in [1.54, 1.807) is 23.1 Å². The van der Waals surface area contributed by atoms with Crippen molar-refractivity contribution >= 4 is 17.6 Å².